The van der Waals surface area contributed by atoms with Gasteiger partial charge in [0.15, 0.2) is 11.5 Å². The molecule has 1 amide bonds. The van der Waals surface area contributed by atoms with E-state index in [4.69, 9.17) is 19.9 Å². The van der Waals surface area contributed by atoms with Crippen molar-refractivity contribution in [3.8, 4) is 17.2 Å². The molecule has 0 atom stereocenters. The van der Waals surface area contributed by atoms with E-state index in [0.717, 1.165) is 12.8 Å². The summed E-state index contributed by atoms with van der Waals surface area (Å²) in [5, 5.41) is 0. The minimum atomic E-state index is -0.0165. The lowest BCUT2D eigenvalue weighted by molar-refractivity contribution is 0.0713. The van der Waals surface area contributed by atoms with Gasteiger partial charge < -0.3 is 24.8 Å². The highest BCUT2D eigenvalue weighted by Crippen LogP contribution is 2.40. The number of methoxy groups -OCH3 is 1. The standard InChI is InChI=1S/C15H20N2O4/c1-19-12-8-10(9-13-14(12)21-7-6-20-13)15(18)17-4-2-11(16)3-5-17/h8-9,11H,2-7,16H2,1H3. The van der Waals surface area contributed by atoms with Crippen molar-refractivity contribution in [3.63, 3.8) is 0 Å². The van der Waals surface area contributed by atoms with Crippen LogP contribution in [0.1, 0.15) is 23.2 Å². The second-order valence-corrected chi connectivity index (χ2v) is 5.33. The third kappa shape index (κ3) is 2.76. The van der Waals surface area contributed by atoms with Crippen molar-refractivity contribution in [3.05, 3.63) is 17.7 Å². The number of ether oxygens (including phenoxy) is 3. The number of nitrogens with two attached hydrogens (primary N) is 1. The number of likely N-dealkylation sites (tertiary alicyclic amines) is 1. The molecule has 2 N–H and O–H groups in total. The van der Waals surface area contributed by atoms with E-state index in [1.165, 1.54) is 0 Å². The van der Waals surface area contributed by atoms with Crippen LogP contribution in [0.4, 0.5) is 0 Å². The summed E-state index contributed by atoms with van der Waals surface area (Å²) in [4.78, 5) is 14.4. The first-order valence-electron chi connectivity index (χ1n) is 7.21. The molecule has 0 saturated carbocycles. The van der Waals surface area contributed by atoms with Crippen molar-refractivity contribution in [2.45, 2.75) is 18.9 Å². The van der Waals surface area contributed by atoms with Gasteiger partial charge in [0.2, 0.25) is 5.75 Å². The summed E-state index contributed by atoms with van der Waals surface area (Å²) in [6, 6.07) is 3.64. The van der Waals surface area contributed by atoms with Gasteiger partial charge in [0.05, 0.1) is 7.11 Å². The molecule has 0 aromatic heterocycles. The molecule has 1 fully saturated rings. The van der Waals surface area contributed by atoms with Gasteiger partial charge >= 0.3 is 0 Å². The van der Waals surface area contributed by atoms with Crippen molar-refractivity contribution in [2.24, 2.45) is 5.73 Å². The fourth-order valence-electron chi connectivity index (χ4n) is 2.68. The number of fused-ring (bicyclic) bond motifs is 1. The van der Waals surface area contributed by atoms with E-state index in [1.807, 2.05) is 4.90 Å². The fourth-order valence-corrected chi connectivity index (χ4v) is 2.68. The van der Waals surface area contributed by atoms with Crippen LogP contribution in [0.2, 0.25) is 0 Å². The molecule has 114 valence electrons. The Kier molecular flexibility index (Phi) is 3.88. The largest absolute Gasteiger partial charge is 0.493 e. The molecule has 0 bridgehead atoms. The Morgan fingerprint density at radius 2 is 2.00 bits per heavy atom. The molecule has 2 aliphatic heterocycles. The summed E-state index contributed by atoms with van der Waals surface area (Å²) in [5.74, 6) is 1.65. The first-order chi connectivity index (χ1) is 10.2. The predicted molar refractivity (Wildman–Crippen MR) is 77.1 cm³/mol. The Morgan fingerprint density at radius 3 is 2.71 bits per heavy atom. The molecule has 0 spiro atoms. The molecule has 1 saturated heterocycles. The maximum atomic E-state index is 12.6. The van der Waals surface area contributed by atoms with Crippen LogP contribution in [0.15, 0.2) is 12.1 Å². The molecule has 21 heavy (non-hydrogen) atoms. The smallest absolute Gasteiger partial charge is 0.254 e. The number of rotatable bonds is 2. The average Bonchev–Trinajstić information content (AvgIpc) is 2.53. The fraction of sp³-hybridized carbons (Fsp3) is 0.533. The average molecular weight is 292 g/mol. The van der Waals surface area contributed by atoms with Crippen molar-refractivity contribution < 1.29 is 19.0 Å². The second kappa shape index (κ2) is 5.81. The number of carbonyl (C=O) groups excluding carboxylic acids is 1. The number of amides is 1. The van der Waals surface area contributed by atoms with Crippen LogP contribution in [0.25, 0.3) is 0 Å². The molecule has 2 heterocycles. The Hall–Kier alpha value is -1.95. The molecule has 3 rings (SSSR count). The molecule has 0 radical (unpaired) electrons. The third-order valence-corrected chi connectivity index (χ3v) is 3.90. The molecule has 2 aliphatic rings. The van der Waals surface area contributed by atoms with Crippen LogP contribution in [-0.2, 0) is 0 Å². The van der Waals surface area contributed by atoms with Crippen molar-refractivity contribution in [2.75, 3.05) is 33.4 Å². The first kappa shape index (κ1) is 14.0. The number of benzene rings is 1. The second-order valence-electron chi connectivity index (χ2n) is 5.33. The van der Waals surface area contributed by atoms with Crippen molar-refractivity contribution >= 4 is 5.91 Å². The SMILES string of the molecule is COc1cc(C(=O)N2CCC(N)CC2)cc2c1OCCO2. The van der Waals surface area contributed by atoms with Gasteiger partial charge in [-0.2, -0.15) is 0 Å². The zero-order valence-electron chi connectivity index (χ0n) is 12.1. The van der Waals surface area contributed by atoms with Gasteiger partial charge in [-0.15, -0.1) is 0 Å². The van der Waals surface area contributed by atoms with Crippen LogP contribution in [0, 0.1) is 0 Å². The zero-order valence-corrected chi connectivity index (χ0v) is 12.1. The van der Waals surface area contributed by atoms with Gasteiger partial charge in [0.25, 0.3) is 5.91 Å². The number of nitrogens with zero attached hydrogens (tertiary/aromatic N) is 1. The van der Waals surface area contributed by atoms with Gasteiger partial charge in [0, 0.05) is 24.7 Å². The number of piperidine rings is 1. The van der Waals surface area contributed by atoms with Crippen molar-refractivity contribution in [1.29, 1.82) is 0 Å². The summed E-state index contributed by atoms with van der Waals surface area (Å²) < 4.78 is 16.4. The van der Waals surface area contributed by atoms with Crippen LogP contribution in [0.3, 0.4) is 0 Å². The monoisotopic (exact) mass is 292 g/mol. The molecule has 0 aliphatic carbocycles. The maximum Gasteiger partial charge on any atom is 0.254 e. The molecule has 1 aromatic rings. The maximum absolute atomic E-state index is 12.6. The highest BCUT2D eigenvalue weighted by Gasteiger charge is 2.25. The lowest BCUT2D eigenvalue weighted by Crippen LogP contribution is -2.42. The summed E-state index contributed by atoms with van der Waals surface area (Å²) in [7, 11) is 1.56. The van der Waals surface area contributed by atoms with Gasteiger partial charge in [-0.05, 0) is 25.0 Å². The Bertz CT molecular complexity index is 521. The third-order valence-electron chi connectivity index (χ3n) is 3.90. The lowest BCUT2D eigenvalue weighted by atomic mass is 10.0. The van der Waals surface area contributed by atoms with Gasteiger partial charge in [-0.3, -0.25) is 4.79 Å². The number of hydrogen-bond acceptors (Lipinski definition) is 5. The number of hydrogen-bond donors (Lipinski definition) is 1. The van der Waals surface area contributed by atoms with Crippen LogP contribution >= 0.6 is 0 Å². The highest BCUT2D eigenvalue weighted by molar-refractivity contribution is 5.95. The lowest BCUT2D eigenvalue weighted by Gasteiger charge is -2.30. The molecular formula is C15H20N2O4. The molecular weight excluding hydrogens is 272 g/mol. The van der Waals surface area contributed by atoms with Gasteiger partial charge in [-0.25, -0.2) is 0 Å². The summed E-state index contributed by atoms with van der Waals surface area (Å²) in [5.41, 5.74) is 6.44. The van der Waals surface area contributed by atoms with Crippen LogP contribution in [-0.4, -0.2) is 50.3 Å². The van der Waals surface area contributed by atoms with Crippen molar-refractivity contribution in [1.82, 2.24) is 4.90 Å². The Balaban J connectivity index is 1.86. The molecule has 6 heteroatoms. The highest BCUT2D eigenvalue weighted by atomic mass is 16.6. The molecule has 0 unspecified atom stereocenters. The minimum absolute atomic E-state index is 0.0165. The molecule has 1 aromatic carbocycles. The van der Waals surface area contributed by atoms with E-state index in [0.29, 0.717) is 49.1 Å². The Labute approximate surface area is 123 Å². The van der Waals surface area contributed by atoms with E-state index in [1.54, 1.807) is 19.2 Å². The van der Waals surface area contributed by atoms with E-state index in [-0.39, 0.29) is 11.9 Å². The summed E-state index contributed by atoms with van der Waals surface area (Å²) >= 11 is 0. The minimum Gasteiger partial charge on any atom is -0.493 e. The molecule has 6 nitrogen and oxygen atoms in total. The topological polar surface area (TPSA) is 74.0 Å². The normalized spacial score (nSPS) is 18.5. The first-order valence-corrected chi connectivity index (χ1v) is 7.21. The zero-order chi connectivity index (χ0) is 14.8. The van der Waals surface area contributed by atoms with E-state index >= 15 is 0 Å². The predicted octanol–water partition coefficient (Wildman–Crippen LogP) is 1.03. The van der Waals surface area contributed by atoms with E-state index in [9.17, 15) is 4.79 Å². The van der Waals surface area contributed by atoms with Crippen LogP contribution in [0.5, 0.6) is 17.2 Å². The quantitative estimate of drug-likeness (QED) is 0.881. The number of carbonyl (C=O) groups is 1. The van der Waals surface area contributed by atoms with Gasteiger partial charge in [0.1, 0.15) is 13.2 Å². The van der Waals surface area contributed by atoms with Crippen LogP contribution < -0.4 is 19.9 Å². The summed E-state index contributed by atoms with van der Waals surface area (Å²) in [6.45, 7) is 2.35. The summed E-state index contributed by atoms with van der Waals surface area (Å²) in [6.07, 6.45) is 1.68. The van der Waals surface area contributed by atoms with E-state index in [2.05, 4.69) is 0 Å². The van der Waals surface area contributed by atoms with Gasteiger partial charge in [-0.1, -0.05) is 0 Å². The Morgan fingerprint density at radius 1 is 1.29 bits per heavy atom. The van der Waals surface area contributed by atoms with E-state index < -0.39 is 0 Å².